The summed E-state index contributed by atoms with van der Waals surface area (Å²) < 4.78 is 13.6. The van der Waals surface area contributed by atoms with Crippen LogP contribution in [0, 0.1) is 5.82 Å². The maximum atomic E-state index is 13.6. The van der Waals surface area contributed by atoms with Gasteiger partial charge in [0, 0.05) is 44.2 Å². The monoisotopic (exact) mass is 423 g/mol. The van der Waals surface area contributed by atoms with Crippen LogP contribution in [0.25, 0.3) is 0 Å². The van der Waals surface area contributed by atoms with Gasteiger partial charge in [-0.1, -0.05) is 35.3 Å². The zero-order chi connectivity index (χ0) is 20.1. The molecule has 2 aromatic rings. The third kappa shape index (κ3) is 5.22. The largest absolute Gasteiger partial charge is 0.336 e. The zero-order valence-corrected chi connectivity index (χ0v) is 16.6. The third-order valence-electron chi connectivity index (χ3n) is 4.62. The summed E-state index contributed by atoms with van der Waals surface area (Å²) in [6.07, 6.45) is 0.255. The molecule has 0 bridgehead atoms. The number of amides is 2. The molecule has 8 heteroatoms. The molecule has 1 saturated heterocycles. The fourth-order valence-electron chi connectivity index (χ4n) is 3.04. The van der Waals surface area contributed by atoms with Gasteiger partial charge < -0.3 is 10.2 Å². The van der Waals surface area contributed by atoms with Gasteiger partial charge in [-0.15, -0.1) is 0 Å². The van der Waals surface area contributed by atoms with Crippen LogP contribution in [0.4, 0.5) is 10.1 Å². The Kier molecular flexibility index (Phi) is 6.88. The Balaban J connectivity index is 1.46. The molecule has 0 unspecified atom stereocenters. The van der Waals surface area contributed by atoms with Crippen LogP contribution in [0.2, 0.25) is 10.0 Å². The molecule has 0 spiro atoms. The van der Waals surface area contributed by atoms with Gasteiger partial charge in [0.2, 0.25) is 5.91 Å². The molecule has 1 heterocycles. The number of nitrogens with zero attached hydrogens (tertiary/aromatic N) is 2. The minimum Gasteiger partial charge on any atom is -0.336 e. The normalized spacial score (nSPS) is 14.8. The molecule has 1 aliphatic heterocycles. The van der Waals surface area contributed by atoms with Gasteiger partial charge in [0.05, 0.1) is 16.3 Å². The van der Waals surface area contributed by atoms with Crippen LogP contribution in [0.15, 0.2) is 42.5 Å². The Bertz CT molecular complexity index is 870. The minimum absolute atomic E-state index is 0.126. The SMILES string of the molecule is O=C(CCN1CCN(C(=O)c2ccc(Cl)cc2Cl)CC1)Nc1ccccc1F. The standard InChI is InChI=1S/C20H20Cl2FN3O2/c21-14-5-6-15(16(22)13-14)20(28)26-11-9-25(10-12-26)8-7-19(27)24-18-4-2-1-3-17(18)23/h1-6,13H,7-12H2,(H,24,27). The van der Waals surface area contributed by atoms with Crippen LogP contribution in [0.1, 0.15) is 16.8 Å². The second-order valence-corrected chi connectivity index (χ2v) is 7.38. The highest BCUT2D eigenvalue weighted by Crippen LogP contribution is 2.23. The van der Waals surface area contributed by atoms with Crippen molar-refractivity contribution >= 4 is 40.7 Å². The number of para-hydroxylation sites is 1. The molecule has 1 N–H and O–H groups in total. The number of rotatable bonds is 5. The highest BCUT2D eigenvalue weighted by atomic mass is 35.5. The summed E-state index contributed by atoms with van der Waals surface area (Å²) in [5.41, 5.74) is 0.617. The van der Waals surface area contributed by atoms with Gasteiger partial charge in [-0.05, 0) is 30.3 Å². The van der Waals surface area contributed by atoms with Crippen molar-refractivity contribution in [3.8, 4) is 0 Å². The van der Waals surface area contributed by atoms with E-state index in [4.69, 9.17) is 23.2 Å². The third-order valence-corrected chi connectivity index (χ3v) is 5.17. The van der Waals surface area contributed by atoms with Crippen molar-refractivity contribution in [2.24, 2.45) is 0 Å². The van der Waals surface area contributed by atoms with E-state index in [1.165, 1.54) is 12.1 Å². The molecule has 28 heavy (non-hydrogen) atoms. The maximum Gasteiger partial charge on any atom is 0.255 e. The molecule has 1 aliphatic rings. The van der Waals surface area contributed by atoms with Crippen molar-refractivity contribution in [1.29, 1.82) is 0 Å². The maximum absolute atomic E-state index is 13.6. The van der Waals surface area contributed by atoms with E-state index >= 15 is 0 Å². The van der Waals surface area contributed by atoms with Gasteiger partial charge >= 0.3 is 0 Å². The molecule has 0 saturated carbocycles. The summed E-state index contributed by atoms with van der Waals surface area (Å²) in [7, 11) is 0. The van der Waals surface area contributed by atoms with E-state index in [0.29, 0.717) is 48.3 Å². The molecule has 1 fully saturated rings. The summed E-state index contributed by atoms with van der Waals surface area (Å²) in [6.45, 7) is 2.96. The zero-order valence-electron chi connectivity index (χ0n) is 15.1. The number of piperazine rings is 1. The number of hydrogen-bond acceptors (Lipinski definition) is 3. The summed E-state index contributed by atoms with van der Waals surface area (Å²) in [6, 6.07) is 10.9. The van der Waals surface area contributed by atoms with E-state index in [9.17, 15) is 14.0 Å². The molecule has 0 aromatic heterocycles. The van der Waals surface area contributed by atoms with Crippen molar-refractivity contribution < 1.29 is 14.0 Å². The number of carbonyl (C=O) groups excluding carboxylic acids is 2. The Labute approximate surface area is 173 Å². The summed E-state index contributed by atoms with van der Waals surface area (Å²) >= 11 is 12.0. The summed E-state index contributed by atoms with van der Waals surface area (Å²) in [5, 5.41) is 3.40. The van der Waals surface area contributed by atoms with Crippen LogP contribution in [-0.2, 0) is 4.79 Å². The topological polar surface area (TPSA) is 52.7 Å². The van der Waals surface area contributed by atoms with Crippen LogP contribution in [-0.4, -0.2) is 54.3 Å². The number of carbonyl (C=O) groups is 2. The molecular formula is C20H20Cl2FN3O2. The first-order valence-electron chi connectivity index (χ1n) is 8.95. The second kappa shape index (κ2) is 9.37. The van der Waals surface area contributed by atoms with Gasteiger partial charge in [0.1, 0.15) is 5.82 Å². The summed E-state index contributed by atoms with van der Waals surface area (Å²) in [4.78, 5) is 28.5. The lowest BCUT2D eigenvalue weighted by Crippen LogP contribution is -2.49. The average molecular weight is 424 g/mol. The second-order valence-electron chi connectivity index (χ2n) is 6.54. The lowest BCUT2D eigenvalue weighted by Gasteiger charge is -2.34. The molecule has 2 aromatic carbocycles. The first-order chi connectivity index (χ1) is 13.4. The minimum atomic E-state index is -0.455. The average Bonchev–Trinajstić information content (AvgIpc) is 2.68. The highest BCUT2D eigenvalue weighted by molar-refractivity contribution is 6.36. The predicted octanol–water partition coefficient (Wildman–Crippen LogP) is 3.92. The van der Waals surface area contributed by atoms with Gasteiger partial charge in [-0.25, -0.2) is 4.39 Å². The molecule has 0 radical (unpaired) electrons. The summed E-state index contributed by atoms with van der Waals surface area (Å²) in [5.74, 6) is -0.820. The highest BCUT2D eigenvalue weighted by Gasteiger charge is 2.24. The lowest BCUT2D eigenvalue weighted by molar-refractivity contribution is -0.116. The first-order valence-corrected chi connectivity index (χ1v) is 9.70. The molecule has 148 valence electrons. The van der Waals surface area contributed by atoms with Crippen molar-refractivity contribution in [3.05, 3.63) is 63.9 Å². The van der Waals surface area contributed by atoms with Gasteiger partial charge in [0.25, 0.3) is 5.91 Å². The fourth-order valence-corrected chi connectivity index (χ4v) is 3.53. The Morgan fingerprint density at radius 2 is 1.75 bits per heavy atom. The number of nitrogens with one attached hydrogen (secondary N) is 1. The van der Waals surface area contributed by atoms with E-state index in [1.807, 2.05) is 0 Å². The number of benzene rings is 2. The number of anilines is 1. The van der Waals surface area contributed by atoms with Crippen molar-refractivity contribution in [2.45, 2.75) is 6.42 Å². The van der Waals surface area contributed by atoms with Crippen molar-refractivity contribution in [3.63, 3.8) is 0 Å². The molecule has 2 amide bonds. The number of halogens is 3. The van der Waals surface area contributed by atoms with Crippen molar-refractivity contribution in [1.82, 2.24) is 9.80 Å². The van der Waals surface area contributed by atoms with E-state index in [2.05, 4.69) is 10.2 Å². The quantitative estimate of drug-likeness (QED) is 0.792. The lowest BCUT2D eigenvalue weighted by atomic mass is 10.1. The van der Waals surface area contributed by atoms with Crippen molar-refractivity contribution in [2.75, 3.05) is 38.0 Å². The van der Waals surface area contributed by atoms with E-state index < -0.39 is 5.82 Å². The van der Waals surface area contributed by atoms with E-state index in [1.54, 1.807) is 35.2 Å². The van der Waals surface area contributed by atoms with E-state index in [-0.39, 0.29) is 23.9 Å². The Morgan fingerprint density at radius 3 is 2.43 bits per heavy atom. The molecule has 5 nitrogen and oxygen atoms in total. The fraction of sp³-hybridized carbons (Fsp3) is 0.300. The van der Waals surface area contributed by atoms with Gasteiger partial charge in [0.15, 0.2) is 0 Å². The van der Waals surface area contributed by atoms with Crippen LogP contribution >= 0.6 is 23.2 Å². The van der Waals surface area contributed by atoms with Gasteiger partial charge in [-0.3, -0.25) is 14.5 Å². The first kappa shape index (κ1) is 20.6. The Morgan fingerprint density at radius 1 is 1.04 bits per heavy atom. The molecule has 3 rings (SSSR count). The predicted molar refractivity (Wildman–Crippen MR) is 108 cm³/mol. The van der Waals surface area contributed by atoms with E-state index in [0.717, 1.165) is 0 Å². The Hall–Kier alpha value is -2.15. The molecule has 0 atom stereocenters. The smallest absolute Gasteiger partial charge is 0.255 e. The van der Waals surface area contributed by atoms with Crippen LogP contribution in [0.3, 0.4) is 0 Å². The molecular weight excluding hydrogens is 404 g/mol. The molecule has 0 aliphatic carbocycles. The number of hydrogen-bond donors (Lipinski definition) is 1. The van der Waals surface area contributed by atoms with Crippen LogP contribution < -0.4 is 5.32 Å². The van der Waals surface area contributed by atoms with Crippen LogP contribution in [0.5, 0.6) is 0 Å². The van der Waals surface area contributed by atoms with Gasteiger partial charge in [-0.2, -0.15) is 0 Å².